The Hall–Kier alpha value is -2.98. The summed E-state index contributed by atoms with van der Waals surface area (Å²) in [5, 5.41) is 24.2. The van der Waals surface area contributed by atoms with Crippen molar-refractivity contribution in [2.75, 3.05) is 16.4 Å². The largest absolute Gasteiger partial charge is 0.394 e. The molecule has 5 N–H and O–H groups in total. The number of halogens is 1. The Morgan fingerprint density at radius 3 is 2.56 bits per heavy atom. The maximum atomic E-state index is 10.8. The molecule has 10 nitrogen and oxygen atoms in total. The lowest BCUT2D eigenvalue weighted by Crippen LogP contribution is -2.09. The quantitative estimate of drug-likeness (QED) is 0.251. The number of rotatable bonds is 6. The number of nitro groups is 1. The van der Waals surface area contributed by atoms with Crippen molar-refractivity contribution in [3.05, 3.63) is 44.6 Å². The smallest absolute Gasteiger partial charge is 0.272 e. The summed E-state index contributed by atoms with van der Waals surface area (Å²) in [6.45, 7) is 5.40. The zero-order valence-corrected chi connectivity index (χ0v) is 15.8. The number of nitrogens with one attached hydrogen (secondary N) is 2. The van der Waals surface area contributed by atoms with Crippen molar-refractivity contribution in [1.82, 2.24) is 9.97 Å². The van der Waals surface area contributed by atoms with E-state index in [-0.39, 0.29) is 34.4 Å². The summed E-state index contributed by atoms with van der Waals surface area (Å²) in [5.41, 5.74) is 7.12. The molecule has 0 fully saturated rings. The van der Waals surface area contributed by atoms with Gasteiger partial charge < -0.3 is 21.5 Å². The predicted octanol–water partition coefficient (Wildman–Crippen LogP) is 2.50. The first-order valence-corrected chi connectivity index (χ1v) is 8.22. The number of anilines is 3. The van der Waals surface area contributed by atoms with Crippen LogP contribution in [0.15, 0.2) is 18.2 Å². The van der Waals surface area contributed by atoms with Crippen LogP contribution in [0.1, 0.15) is 25.0 Å². The number of carbonyl (C=O) groups excluding carboxylic acids is 1. The van der Waals surface area contributed by atoms with Gasteiger partial charge >= 0.3 is 0 Å². The fourth-order valence-electron chi connectivity index (χ4n) is 1.98. The SMILES string of the molecule is CC(C)O.Cc1cc(CNc2nc(N)nc(Cl)c2NC=O)ccc1[N+](=O)[O-]. The Morgan fingerprint density at radius 2 is 2.04 bits per heavy atom. The fourth-order valence-corrected chi connectivity index (χ4v) is 2.21. The van der Waals surface area contributed by atoms with Gasteiger partial charge in [-0.05, 0) is 32.4 Å². The molecule has 146 valence electrons. The third-order valence-electron chi connectivity index (χ3n) is 3.00. The Kier molecular flexibility index (Phi) is 8.36. The number of nitro benzene ring substituents is 1. The molecule has 0 saturated heterocycles. The second-order valence-corrected chi connectivity index (χ2v) is 6.04. The number of aliphatic hydroxyl groups excluding tert-OH is 1. The van der Waals surface area contributed by atoms with Crippen LogP contribution >= 0.6 is 11.6 Å². The van der Waals surface area contributed by atoms with Crippen molar-refractivity contribution in [2.45, 2.75) is 33.4 Å². The van der Waals surface area contributed by atoms with E-state index in [4.69, 9.17) is 22.4 Å². The monoisotopic (exact) mass is 396 g/mol. The molecule has 11 heteroatoms. The van der Waals surface area contributed by atoms with Crippen molar-refractivity contribution < 1.29 is 14.8 Å². The van der Waals surface area contributed by atoms with Crippen LogP contribution in [0.4, 0.5) is 23.1 Å². The maximum absolute atomic E-state index is 10.8. The molecule has 0 saturated carbocycles. The van der Waals surface area contributed by atoms with E-state index in [1.807, 2.05) is 0 Å². The zero-order valence-electron chi connectivity index (χ0n) is 15.1. The van der Waals surface area contributed by atoms with Crippen LogP contribution in [0.5, 0.6) is 0 Å². The molecule has 1 aromatic heterocycles. The summed E-state index contributed by atoms with van der Waals surface area (Å²) in [6, 6.07) is 4.74. The zero-order chi connectivity index (χ0) is 20.6. The van der Waals surface area contributed by atoms with E-state index in [1.165, 1.54) is 6.07 Å². The Morgan fingerprint density at radius 1 is 1.41 bits per heavy atom. The molecule has 0 spiro atoms. The third-order valence-corrected chi connectivity index (χ3v) is 3.28. The molecular weight excluding hydrogens is 376 g/mol. The molecule has 0 unspecified atom stereocenters. The molecule has 1 heterocycles. The number of nitrogen functional groups attached to an aromatic ring is 1. The lowest BCUT2D eigenvalue weighted by molar-refractivity contribution is -0.385. The van der Waals surface area contributed by atoms with Crippen molar-refractivity contribution in [1.29, 1.82) is 0 Å². The van der Waals surface area contributed by atoms with Crippen LogP contribution in [0.2, 0.25) is 5.15 Å². The number of hydrogen-bond acceptors (Lipinski definition) is 8. The summed E-state index contributed by atoms with van der Waals surface area (Å²) < 4.78 is 0. The van der Waals surface area contributed by atoms with Gasteiger partial charge in [0, 0.05) is 24.3 Å². The molecule has 0 aliphatic rings. The van der Waals surface area contributed by atoms with E-state index in [1.54, 1.807) is 32.9 Å². The first-order valence-electron chi connectivity index (χ1n) is 7.84. The average molecular weight is 397 g/mol. The van der Waals surface area contributed by atoms with E-state index in [9.17, 15) is 14.9 Å². The molecule has 0 aliphatic heterocycles. The van der Waals surface area contributed by atoms with Gasteiger partial charge in [-0.15, -0.1) is 0 Å². The molecule has 1 aromatic carbocycles. The van der Waals surface area contributed by atoms with E-state index in [0.29, 0.717) is 18.5 Å². The van der Waals surface area contributed by atoms with Gasteiger partial charge in [0.25, 0.3) is 5.69 Å². The number of amides is 1. The maximum Gasteiger partial charge on any atom is 0.272 e. The molecule has 1 amide bonds. The van der Waals surface area contributed by atoms with Crippen LogP contribution in [-0.2, 0) is 11.3 Å². The molecule has 27 heavy (non-hydrogen) atoms. The van der Waals surface area contributed by atoms with Gasteiger partial charge in [0.1, 0.15) is 5.69 Å². The Bertz CT molecular complexity index is 813. The number of aryl methyl sites for hydroxylation is 1. The van der Waals surface area contributed by atoms with Gasteiger partial charge in [-0.25, -0.2) is 0 Å². The molecule has 0 aliphatic carbocycles. The van der Waals surface area contributed by atoms with Gasteiger partial charge in [-0.2, -0.15) is 9.97 Å². The highest BCUT2D eigenvalue weighted by atomic mass is 35.5. The van der Waals surface area contributed by atoms with E-state index in [0.717, 1.165) is 5.56 Å². The predicted molar refractivity (Wildman–Crippen MR) is 104 cm³/mol. The van der Waals surface area contributed by atoms with Crippen molar-refractivity contribution in [2.24, 2.45) is 0 Å². The van der Waals surface area contributed by atoms with E-state index < -0.39 is 4.92 Å². The Balaban J connectivity index is 0.000000828. The minimum Gasteiger partial charge on any atom is -0.394 e. The normalized spacial score (nSPS) is 10.0. The minimum absolute atomic E-state index is 0.00646. The van der Waals surface area contributed by atoms with Crippen LogP contribution in [0.25, 0.3) is 0 Å². The van der Waals surface area contributed by atoms with Crippen molar-refractivity contribution >= 4 is 41.2 Å². The minimum atomic E-state index is -0.441. The highest BCUT2D eigenvalue weighted by Crippen LogP contribution is 2.28. The Labute approximate surface area is 160 Å². The first-order chi connectivity index (χ1) is 12.6. The number of aromatic nitrogens is 2. The molecule has 0 radical (unpaired) electrons. The highest BCUT2D eigenvalue weighted by Gasteiger charge is 2.13. The number of nitrogens with two attached hydrogens (primary N) is 1. The summed E-state index contributed by atoms with van der Waals surface area (Å²) >= 11 is 5.91. The molecule has 2 aromatic rings. The second-order valence-electron chi connectivity index (χ2n) is 5.68. The number of carbonyl (C=O) groups is 1. The number of benzene rings is 1. The van der Waals surface area contributed by atoms with Crippen LogP contribution in [0.3, 0.4) is 0 Å². The summed E-state index contributed by atoms with van der Waals surface area (Å²) in [7, 11) is 0. The summed E-state index contributed by atoms with van der Waals surface area (Å²) in [5.74, 6) is 0.208. The van der Waals surface area contributed by atoms with E-state index in [2.05, 4.69) is 20.6 Å². The highest BCUT2D eigenvalue weighted by molar-refractivity contribution is 6.33. The van der Waals surface area contributed by atoms with Crippen molar-refractivity contribution in [3.8, 4) is 0 Å². The van der Waals surface area contributed by atoms with Gasteiger partial charge in [-0.1, -0.05) is 17.7 Å². The first kappa shape index (κ1) is 22.1. The van der Waals surface area contributed by atoms with Gasteiger partial charge in [0.15, 0.2) is 11.0 Å². The van der Waals surface area contributed by atoms with Gasteiger partial charge in [-0.3, -0.25) is 14.9 Å². The lowest BCUT2D eigenvalue weighted by Gasteiger charge is -2.12. The van der Waals surface area contributed by atoms with Gasteiger partial charge in [0.05, 0.1) is 4.92 Å². The lowest BCUT2D eigenvalue weighted by atomic mass is 10.1. The summed E-state index contributed by atoms with van der Waals surface area (Å²) in [4.78, 5) is 28.7. The average Bonchev–Trinajstić information content (AvgIpc) is 2.55. The molecule has 2 rings (SSSR count). The topological polar surface area (TPSA) is 156 Å². The van der Waals surface area contributed by atoms with Crippen LogP contribution < -0.4 is 16.4 Å². The summed E-state index contributed by atoms with van der Waals surface area (Å²) in [6.07, 6.45) is 0.280. The second kappa shape index (κ2) is 10.2. The van der Waals surface area contributed by atoms with Crippen molar-refractivity contribution in [3.63, 3.8) is 0 Å². The van der Waals surface area contributed by atoms with E-state index >= 15 is 0 Å². The number of hydrogen-bond donors (Lipinski definition) is 4. The fraction of sp³-hybridized carbons (Fsp3) is 0.312. The standard InChI is InChI=1S/C13H13ClN6O3.C3H8O/c1-7-4-8(2-3-9(7)20(22)23)5-16-12-10(17-6-21)11(14)18-13(15)19-12;1-3(2)4/h2-4,6H,5H2,1H3,(H,17,21)(H3,15,16,18,19);3-4H,1-2H3. The van der Waals surface area contributed by atoms with Crippen LogP contribution in [-0.4, -0.2) is 32.5 Å². The molecule has 0 atom stereocenters. The third kappa shape index (κ3) is 7.04. The van der Waals surface area contributed by atoms with Crippen LogP contribution in [0, 0.1) is 17.0 Å². The number of nitrogens with zero attached hydrogens (tertiary/aromatic N) is 3. The molecular formula is C16H21ClN6O4. The van der Waals surface area contributed by atoms with Gasteiger partial charge in [0.2, 0.25) is 12.4 Å². The number of aliphatic hydroxyl groups is 1. The molecule has 0 bridgehead atoms.